The van der Waals surface area contributed by atoms with Crippen molar-refractivity contribution in [2.75, 3.05) is 25.1 Å². The van der Waals surface area contributed by atoms with Crippen molar-refractivity contribution in [3.05, 3.63) is 29.8 Å². The van der Waals surface area contributed by atoms with Crippen molar-refractivity contribution in [2.24, 2.45) is 0 Å². The lowest BCUT2D eigenvalue weighted by Gasteiger charge is -2.30. The summed E-state index contributed by atoms with van der Waals surface area (Å²) in [5.74, 6) is -0.0360. The highest BCUT2D eigenvalue weighted by Gasteiger charge is 2.41. The molecule has 1 amide bonds. The van der Waals surface area contributed by atoms with E-state index in [-0.39, 0.29) is 19.1 Å². The Balaban J connectivity index is 1.96. The van der Waals surface area contributed by atoms with Crippen molar-refractivity contribution in [2.45, 2.75) is 51.2 Å². The first-order valence-electron chi connectivity index (χ1n) is 8.45. The molecule has 1 atom stereocenters. The summed E-state index contributed by atoms with van der Waals surface area (Å²) in [4.78, 5) is 12.7. The summed E-state index contributed by atoms with van der Waals surface area (Å²) < 4.78 is 5.17. The van der Waals surface area contributed by atoms with Gasteiger partial charge in [-0.15, -0.1) is 0 Å². The molecule has 1 aromatic carbocycles. The van der Waals surface area contributed by atoms with E-state index in [0.29, 0.717) is 6.61 Å². The second kappa shape index (κ2) is 8.31. The van der Waals surface area contributed by atoms with Crippen molar-refractivity contribution in [3.63, 3.8) is 0 Å². The zero-order valence-corrected chi connectivity index (χ0v) is 14.1. The quantitative estimate of drug-likeness (QED) is 0.687. The molecule has 23 heavy (non-hydrogen) atoms. The third-order valence-electron chi connectivity index (χ3n) is 4.34. The molecule has 1 aliphatic rings. The molecule has 0 aliphatic heterocycles. The summed E-state index contributed by atoms with van der Waals surface area (Å²) in [5, 5.41) is 16.1. The number of aryl methyl sites for hydroxylation is 1. The number of aliphatic hydroxyl groups is 1. The number of ether oxygens (including phenoxy) is 1. The first kappa shape index (κ1) is 17.8. The molecule has 0 aromatic heterocycles. The standard InChI is InChI=1S/C18H28N2O3/c1-3-23-13-16(21)12-19-17(22)18(10-4-5-11-18)20-15-8-6-14(2)7-9-15/h6-9,16,20-21H,3-5,10-13H2,1-2H3,(H,19,22). The molecule has 128 valence electrons. The van der Waals surface area contributed by atoms with Gasteiger partial charge in [0.2, 0.25) is 5.91 Å². The zero-order valence-electron chi connectivity index (χ0n) is 14.1. The normalized spacial score (nSPS) is 17.7. The summed E-state index contributed by atoms with van der Waals surface area (Å²) >= 11 is 0. The van der Waals surface area contributed by atoms with Crippen LogP contribution in [0.5, 0.6) is 0 Å². The Bertz CT molecular complexity index is 495. The third kappa shape index (κ3) is 4.94. The molecular weight excluding hydrogens is 292 g/mol. The number of anilines is 1. The van der Waals surface area contributed by atoms with Crippen LogP contribution in [0.4, 0.5) is 5.69 Å². The van der Waals surface area contributed by atoms with Gasteiger partial charge in [0.05, 0.1) is 12.7 Å². The number of nitrogens with one attached hydrogen (secondary N) is 2. The average molecular weight is 320 g/mol. The fraction of sp³-hybridized carbons (Fsp3) is 0.611. The van der Waals surface area contributed by atoms with E-state index in [9.17, 15) is 9.90 Å². The van der Waals surface area contributed by atoms with Gasteiger partial charge in [0.1, 0.15) is 5.54 Å². The zero-order chi connectivity index (χ0) is 16.7. The molecule has 5 nitrogen and oxygen atoms in total. The van der Waals surface area contributed by atoms with Gasteiger partial charge in [-0.25, -0.2) is 0 Å². The molecule has 5 heteroatoms. The highest BCUT2D eigenvalue weighted by atomic mass is 16.5. The van der Waals surface area contributed by atoms with Gasteiger partial charge in [-0.2, -0.15) is 0 Å². The fourth-order valence-corrected chi connectivity index (χ4v) is 2.99. The Kier molecular flexibility index (Phi) is 6.42. The summed E-state index contributed by atoms with van der Waals surface area (Å²) in [6, 6.07) is 8.09. The van der Waals surface area contributed by atoms with Gasteiger partial charge < -0.3 is 20.5 Å². The Hall–Kier alpha value is -1.59. The van der Waals surface area contributed by atoms with Gasteiger partial charge in [-0.3, -0.25) is 4.79 Å². The summed E-state index contributed by atoms with van der Waals surface area (Å²) in [5.41, 5.74) is 1.59. The van der Waals surface area contributed by atoms with Crippen LogP contribution >= 0.6 is 0 Å². The maximum Gasteiger partial charge on any atom is 0.245 e. The van der Waals surface area contributed by atoms with E-state index < -0.39 is 11.6 Å². The maximum atomic E-state index is 12.7. The number of carbonyl (C=O) groups is 1. The molecule has 0 bridgehead atoms. The van der Waals surface area contributed by atoms with Gasteiger partial charge in [-0.1, -0.05) is 30.5 Å². The first-order chi connectivity index (χ1) is 11.1. The second-order valence-corrected chi connectivity index (χ2v) is 6.30. The van der Waals surface area contributed by atoms with Crippen molar-refractivity contribution in [1.29, 1.82) is 0 Å². The van der Waals surface area contributed by atoms with Crippen LogP contribution in [0.3, 0.4) is 0 Å². The van der Waals surface area contributed by atoms with Crippen molar-refractivity contribution in [3.8, 4) is 0 Å². The molecule has 1 unspecified atom stereocenters. The number of rotatable bonds is 8. The smallest absolute Gasteiger partial charge is 0.245 e. The van der Waals surface area contributed by atoms with Gasteiger partial charge in [-0.05, 0) is 38.8 Å². The Morgan fingerprint density at radius 1 is 1.30 bits per heavy atom. The molecule has 0 radical (unpaired) electrons. The SMILES string of the molecule is CCOCC(O)CNC(=O)C1(Nc2ccc(C)cc2)CCCC1. The molecule has 1 fully saturated rings. The van der Waals surface area contributed by atoms with E-state index in [4.69, 9.17) is 4.74 Å². The molecule has 0 heterocycles. The molecule has 1 aromatic rings. The molecule has 0 saturated heterocycles. The van der Waals surface area contributed by atoms with Gasteiger partial charge in [0.25, 0.3) is 0 Å². The van der Waals surface area contributed by atoms with Crippen LogP contribution in [0.15, 0.2) is 24.3 Å². The van der Waals surface area contributed by atoms with Crippen LogP contribution in [0.2, 0.25) is 0 Å². The summed E-state index contributed by atoms with van der Waals surface area (Å²) in [6.45, 7) is 4.95. The van der Waals surface area contributed by atoms with E-state index in [1.165, 1.54) is 5.56 Å². The molecule has 1 saturated carbocycles. The summed E-state index contributed by atoms with van der Waals surface area (Å²) in [7, 11) is 0. The predicted molar refractivity (Wildman–Crippen MR) is 91.5 cm³/mol. The number of hydrogen-bond donors (Lipinski definition) is 3. The van der Waals surface area contributed by atoms with E-state index in [1.807, 2.05) is 38.1 Å². The van der Waals surface area contributed by atoms with Crippen LogP contribution in [-0.2, 0) is 9.53 Å². The topological polar surface area (TPSA) is 70.6 Å². The Morgan fingerprint density at radius 2 is 1.96 bits per heavy atom. The Labute approximate surface area is 138 Å². The van der Waals surface area contributed by atoms with Gasteiger partial charge in [0.15, 0.2) is 0 Å². The van der Waals surface area contributed by atoms with Crippen LogP contribution in [0, 0.1) is 6.92 Å². The van der Waals surface area contributed by atoms with E-state index in [0.717, 1.165) is 31.4 Å². The van der Waals surface area contributed by atoms with Gasteiger partial charge >= 0.3 is 0 Å². The summed E-state index contributed by atoms with van der Waals surface area (Å²) in [6.07, 6.45) is 3.03. The predicted octanol–water partition coefficient (Wildman–Crippen LogP) is 2.23. The fourth-order valence-electron chi connectivity index (χ4n) is 2.99. The maximum absolute atomic E-state index is 12.7. The van der Waals surface area contributed by atoms with E-state index in [2.05, 4.69) is 10.6 Å². The number of aliphatic hydroxyl groups excluding tert-OH is 1. The third-order valence-corrected chi connectivity index (χ3v) is 4.34. The second-order valence-electron chi connectivity index (χ2n) is 6.30. The number of amides is 1. The first-order valence-corrected chi connectivity index (χ1v) is 8.45. The van der Waals surface area contributed by atoms with Crippen LogP contribution in [0.1, 0.15) is 38.2 Å². The minimum Gasteiger partial charge on any atom is -0.389 e. The highest BCUT2D eigenvalue weighted by Crippen LogP contribution is 2.33. The van der Waals surface area contributed by atoms with Gasteiger partial charge in [0, 0.05) is 18.8 Å². The lowest BCUT2D eigenvalue weighted by molar-refractivity contribution is -0.126. The minimum atomic E-state index is -0.670. The Morgan fingerprint density at radius 3 is 2.57 bits per heavy atom. The highest BCUT2D eigenvalue weighted by molar-refractivity contribution is 5.89. The molecule has 0 spiro atoms. The van der Waals surface area contributed by atoms with Crippen molar-refractivity contribution in [1.82, 2.24) is 5.32 Å². The minimum absolute atomic E-state index is 0.0360. The number of benzene rings is 1. The van der Waals surface area contributed by atoms with Crippen LogP contribution in [0.25, 0.3) is 0 Å². The lowest BCUT2D eigenvalue weighted by Crippen LogP contribution is -2.52. The van der Waals surface area contributed by atoms with Crippen molar-refractivity contribution >= 4 is 11.6 Å². The average Bonchev–Trinajstić information content (AvgIpc) is 3.02. The molecular formula is C18H28N2O3. The lowest BCUT2D eigenvalue weighted by atomic mass is 9.95. The van der Waals surface area contributed by atoms with Crippen molar-refractivity contribution < 1.29 is 14.6 Å². The van der Waals surface area contributed by atoms with E-state index in [1.54, 1.807) is 0 Å². The van der Waals surface area contributed by atoms with Crippen LogP contribution < -0.4 is 10.6 Å². The molecule has 2 rings (SSSR count). The molecule has 3 N–H and O–H groups in total. The molecule has 1 aliphatic carbocycles. The largest absolute Gasteiger partial charge is 0.389 e. The number of hydrogen-bond acceptors (Lipinski definition) is 4. The van der Waals surface area contributed by atoms with Crippen LogP contribution in [-0.4, -0.2) is 42.4 Å². The monoisotopic (exact) mass is 320 g/mol. The van der Waals surface area contributed by atoms with E-state index >= 15 is 0 Å². The number of carbonyl (C=O) groups excluding carboxylic acids is 1.